The van der Waals surface area contributed by atoms with E-state index in [1.54, 1.807) is 12.1 Å². The molecule has 0 bridgehead atoms. The number of sulfone groups is 2. The van der Waals surface area contributed by atoms with Gasteiger partial charge in [0.15, 0.2) is 24.5 Å². The Morgan fingerprint density at radius 3 is 2.19 bits per heavy atom. The lowest BCUT2D eigenvalue weighted by Crippen LogP contribution is -2.19. The first-order chi connectivity index (χ1) is 14.5. The van der Waals surface area contributed by atoms with Gasteiger partial charge in [-0.2, -0.15) is 4.99 Å². The standard InChI is InChI=1S/C20H22N2O6S3/c1-4-28-12-11-22-17-10-9-16(31(3,26)27)13-18(17)29-20(22)21-19(23)14-5-7-15(8-6-14)30(2,24)25/h5-10,13H,4,11-12H2,1-3H3. The van der Waals surface area contributed by atoms with E-state index >= 15 is 0 Å². The minimum Gasteiger partial charge on any atom is -0.380 e. The van der Waals surface area contributed by atoms with Crippen LogP contribution in [-0.4, -0.2) is 53.0 Å². The number of ether oxygens (including phenoxy) is 1. The van der Waals surface area contributed by atoms with Gasteiger partial charge in [-0.25, -0.2) is 16.8 Å². The molecule has 1 heterocycles. The van der Waals surface area contributed by atoms with Gasteiger partial charge in [0.25, 0.3) is 5.91 Å². The Kier molecular flexibility index (Phi) is 6.79. The number of carbonyl (C=O) groups is 1. The van der Waals surface area contributed by atoms with Crippen molar-refractivity contribution in [1.82, 2.24) is 4.57 Å². The summed E-state index contributed by atoms with van der Waals surface area (Å²) in [6.45, 7) is 3.26. The van der Waals surface area contributed by atoms with E-state index in [2.05, 4.69) is 4.99 Å². The molecule has 11 heteroatoms. The number of amides is 1. The quantitative estimate of drug-likeness (QED) is 0.478. The van der Waals surface area contributed by atoms with Crippen LogP contribution in [0.15, 0.2) is 57.2 Å². The third-order valence-corrected chi connectivity index (χ3v) is 7.75. The molecule has 0 unspecified atom stereocenters. The van der Waals surface area contributed by atoms with Crippen molar-refractivity contribution in [1.29, 1.82) is 0 Å². The van der Waals surface area contributed by atoms with Gasteiger partial charge in [0.2, 0.25) is 0 Å². The van der Waals surface area contributed by atoms with Crippen molar-refractivity contribution in [3.8, 4) is 0 Å². The lowest BCUT2D eigenvalue weighted by Gasteiger charge is -2.06. The van der Waals surface area contributed by atoms with Crippen LogP contribution in [0.3, 0.4) is 0 Å². The first-order valence-corrected chi connectivity index (χ1v) is 13.9. The molecule has 0 aliphatic heterocycles. The predicted molar refractivity (Wildman–Crippen MR) is 119 cm³/mol. The Hall–Kier alpha value is -2.34. The van der Waals surface area contributed by atoms with Crippen molar-refractivity contribution in [2.24, 2.45) is 4.99 Å². The van der Waals surface area contributed by atoms with E-state index in [1.807, 2.05) is 11.5 Å². The predicted octanol–water partition coefficient (Wildman–Crippen LogP) is 2.29. The second-order valence-corrected chi connectivity index (χ2v) is 11.9. The van der Waals surface area contributed by atoms with Crippen LogP contribution in [0.25, 0.3) is 10.2 Å². The summed E-state index contributed by atoms with van der Waals surface area (Å²) < 4.78 is 54.9. The summed E-state index contributed by atoms with van der Waals surface area (Å²) >= 11 is 1.20. The van der Waals surface area contributed by atoms with Crippen molar-refractivity contribution in [2.75, 3.05) is 25.7 Å². The molecule has 0 fully saturated rings. The monoisotopic (exact) mass is 482 g/mol. The molecule has 3 aromatic rings. The van der Waals surface area contributed by atoms with E-state index in [1.165, 1.54) is 41.7 Å². The van der Waals surface area contributed by atoms with E-state index in [0.717, 1.165) is 18.0 Å². The minimum absolute atomic E-state index is 0.117. The second-order valence-electron chi connectivity index (χ2n) is 6.85. The van der Waals surface area contributed by atoms with Gasteiger partial charge in [0, 0.05) is 31.2 Å². The van der Waals surface area contributed by atoms with Gasteiger partial charge in [-0.3, -0.25) is 4.79 Å². The fourth-order valence-electron chi connectivity index (χ4n) is 2.88. The average molecular weight is 483 g/mol. The lowest BCUT2D eigenvalue weighted by molar-refractivity contribution is 0.0996. The van der Waals surface area contributed by atoms with Gasteiger partial charge in [-0.1, -0.05) is 11.3 Å². The van der Waals surface area contributed by atoms with Crippen LogP contribution >= 0.6 is 11.3 Å². The van der Waals surface area contributed by atoms with Crippen LogP contribution in [0, 0.1) is 0 Å². The smallest absolute Gasteiger partial charge is 0.279 e. The Bertz CT molecular complexity index is 1400. The Morgan fingerprint density at radius 1 is 1.00 bits per heavy atom. The normalized spacial score (nSPS) is 13.1. The average Bonchev–Trinajstić information content (AvgIpc) is 3.03. The summed E-state index contributed by atoms with van der Waals surface area (Å²) in [6.07, 6.45) is 2.23. The molecule has 0 N–H and O–H groups in total. The fraction of sp³-hybridized carbons (Fsp3) is 0.300. The largest absolute Gasteiger partial charge is 0.380 e. The van der Waals surface area contributed by atoms with E-state index in [-0.39, 0.29) is 15.4 Å². The van der Waals surface area contributed by atoms with Crippen LogP contribution in [0.4, 0.5) is 0 Å². The first kappa shape index (κ1) is 23.3. The highest BCUT2D eigenvalue weighted by Gasteiger charge is 2.14. The highest BCUT2D eigenvalue weighted by Crippen LogP contribution is 2.22. The molecule has 1 amide bonds. The maximum absolute atomic E-state index is 12.7. The van der Waals surface area contributed by atoms with Crippen LogP contribution < -0.4 is 4.80 Å². The number of rotatable bonds is 7. The number of hydrogen-bond acceptors (Lipinski definition) is 7. The molecule has 0 radical (unpaired) electrons. The zero-order valence-corrected chi connectivity index (χ0v) is 19.7. The van der Waals surface area contributed by atoms with Crippen molar-refractivity contribution < 1.29 is 26.4 Å². The van der Waals surface area contributed by atoms with E-state index in [4.69, 9.17) is 4.74 Å². The van der Waals surface area contributed by atoms with E-state index in [9.17, 15) is 21.6 Å². The summed E-state index contributed by atoms with van der Waals surface area (Å²) in [4.78, 5) is 17.6. The zero-order chi connectivity index (χ0) is 22.8. The molecular weight excluding hydrogens is 460 g/mol. The number of carbonyl (C=O) groups excluding carboxylic acids is 1. The van der Waals surface area contributed by atoms with E-state index < -0.39 is 25.6 Å². The number of benzene rings is 2. The third kappa shape index (κ3) is 5.48. The molecule has 3 rings (SSSR count). The van der Waals surface area contributed by atoms with Crippen LogP contribution in [-0.2, 0) is 31.0 Å². The van der Waals surface area contributed by atoms with Gasteiger partial charge < -0.3 is 9.30 Å². The first-order valence-electron chi connectivity index (χ1n) is 9.31. The second kappa shape index (κ2) is 9.03. The molecule has 8 nitrogen and oxygen atoms in total. The van der Waals surface area contributed by atoms with Crippen molar-refractivity contribution in [3.05, 3.63) is 52.8 Å². The van der Waals surface area contributed by atoms with E-state index in [0.29, 0.717) is 29.3 Å². The number of nitrogens with zero attached hydrogens (tertiary/aromatic N) is 2. The number of aromatic nitrogens is 1. The summed E-state index contributed by atoms with van der Waals surface area (Å²) in [5.41, 5.74) is 0.995. The van der Waals surface area contributed by atoms with Gasteiger partial charge in [-0.15, -0.1) is 0 Å². The molecule has 2 aromatic carbocycles. The highest BCUT2D eigenvalue weighted by atomic mass is 32.2. The molecule has 0 atom stereocenters. The third-order valence-electron chi connectivity index (χ3n) is 4.47. The number of fused-ring (bicyclic) bond motifs is 1. The fourth-order valence-corrected chi connectivity index (χ4v) is 5.33. The van der Waals surface area contributed by atoms with Crippen molar-refractivity contribution >= 4 is 47.1 Å². The minimum atomic E-state index is -3.37. The SMILES string of the molecule is CCOCCn1c(=NC(=O)c2ccc(S(C)(=O)=O)cc2)sc2cc(S(C)(=O)=O)ccc21. The van der Waals surface area contributed by atoms with Gasteiger partial charge >= 0.3 is 0 Å². The highest BCUT2D eigenvalue weighted by molar-refractivity contribution is 7.91. The van der Waals surface area contributed by atoms with Crippen LogP contribution in [0.2, 0.25) is 0 Å². The van der Waals surface area contributed by atoms with Gasteiger partial charge in [0.1, 0.15) is 0 Å². The molecule has 166 valence electrons. The summed E-state index contributed by atoms with van der Waals surface area (Å²) in [7, 11) is -6.74. The Labute approximate surface area is 184 Å². The molecule has 31 heavy (non-hydrogen) atoms. The maximum atomic E-state index is 12.7. The zero-order valence-electron chi connectivity index (χ0n) is 17.2. The summed E-state index contributed by atoms with van der Waals surface area (Å²) in [5, 5.41) is 0. The molecule has 0 aliphatic rings. The van der Waals surface area contributed by atoms with Crippen molar-refractivity contribution in [2.45, 2.75) is 23.3 Å². The number of hydrogen-bond donors (Lipinski definition) is 0. The number of thiazole rings is 1. The molecule has 0 saturated heterocycles. The summed E-state index contributed by atoms with van der Waals surface area (Å²) in [6, 6.07) is 10.4. The summed E-state index contributed by atoms with van der Waals surface area (Å²) in [5.74, 6) is -0.528. The van der Waals surface area contributed by atoms with Gasteiger partial charge in [0.05, 0.1) is 26.6 Å². The Morgan fingerprint density at radius 2 is 1.61 bits per heavy atom. The molecule has 0 spiro atoms. The molecule has 0 aliphatic carbocycles. The molecule has 0 saturated carbocycles. The maximum Gasteiger partial charge on any atom is 0.279 e. The molecular formula is C20H22N2O6S3. The van der Waals surface area contributed by atoms with Crippen LogP contribution in [0.5, 0.6) is 0 Å². The Balaban J connectivity index is 2.08. The lowest BCUT2D eigenvalue weighted by atomic mass is 10.2. The van der Waals surface area contributed by atoms with Crippen molar-refractivity contribution in [3.63, 3.8) is 0 Å². The van der Waals surface area contributed by atoms with Gasteiger partial charge in [-0.05, 0) is 49.4 Å². The topological polar surface area (TPSA) is 112 Å². The molecule has 1 aromatic heterocycles. The van der Waals surface area contributed by atoms with Crippen LogP contribution in [0.1, 0.15) is 17.3 Å².